The highest BCUT2D eigenvalue weighted by molar-refractivity contribution is 6.09. The first-order valence-corrected chi connectivity index (χ1v) is 5.38. The fourth-order valence-electron chi connectivity index (χ4n) is 1.39. The van der Waals surface area contributed by atoms with Gasteiger partial charge in [0.05, 0.1) is 0 Å². The van der Waals surface area contributed by atoms with E-state index in [-0.39, 0.29) is 5.78 Å². The van der Waals surface area contributed by atoms with E-state index >= 15 is 0 Å². The van der Waals surface area contributed by atoms with Crippen molar-refractivity contribution in [3.8, 4) is 0 Å². The van der Waals surface area contributed by atoms with Gasteiger partial charge < -0.3 is 15.9 Å². The van der Waals surface area contributed by atoms with Gasteiger partial charge in [0.1, 0.15) is 0 Å². The highest BCUT2D eigenvalue weighted by Gasteiger charge is 2.06. The summed E-state index contributed by atoms with van der Waals surface area (Å²) in [6.07, 6.45) is -1.83. The van der Waals surface area contributed by atoms with Crippen molar-refractivity contribution in [1.29, 1.82) is 0 Å². The van der Waals surface area contributed by atoms with Crippen molar-refractivity contribution < 1.29 is 19.8 Å². The molecule has 19 heavy (non-hydrogen) atoms. The molecule has 2 rings (SSSR count). The highest BCUT2D eigenvalue weighted by atomic mass is 16.6. The molecule has 0 saturated carbocycles. The smallest absolute Gasteiger partial charge is 0.450 e. The molecule has 0 aliphatic carbocycles. The summed E-state index contributed by atoms with van der Waals surface area (Å²) < 4.78 is 0. The SMILES string of the molecule is Nc1ccc(C(=O)c2ccccc2)cc1.O=C(O)O. The number of carboxylic acid groups (broad SMARTS) is 2. The van der Waals surface area contributed by atoms with Crippen LogP contribution in [0.3, 0.4) is 0 Å². The maximum Gasteiger partial charge on any atom is 0.503 e. The Balaban J connectivity index is 0.000000399. The molecule has 0 heterocycles. The van der Waals surface area contributed by atoms with E-state index in [0.717, 1.165) is 0 Å². The first-order chi connectivity index (χ1) is 9.00. The van der Waals surface area contributed by atoms with Gasteiger partial charge in [-0.25, -0.2) is 4.79 Å². The largest absolute Gasteiger partial charge is 0.503 e. The fraction of sp³-hybridized carbons (Fsp3) is 0. The van der Waals surface area contributed by atoms with Crippen LogP contribution in [0.2, 0.25) is 0 Å². The van der Waals surface area contributed by atoms with Crippen LogP contribution in [0.5, 0.6) is 0 Å². The minimum absolute atomic E-state index is 0.0237. The lowest BCUT2D eigenvalue weighted by atomic mass is 10.0. The maximum atomic E-state index is 11.9. The van der Waals surface area contributed by atoms with Crippen molar-refractivity contribution in [3.63, 3.8) is 0 Å². The van der Waals surface area contributed by atoms with Gasteiger partial charge in [0, 0.05) is 16.8 Å². The number of carbonyl (C=O) groups excluding carboxylic acids is 1. The molecule has 0 unspecified atom stereocenters. The Morgan fingerprint density at radius 1 is 0.789 bits per heavy atom. The molecule has 0 aliphatic rings. The van der Waals surface area contributed by atoms with Gasteiger partial charge in [0.2, 0.25) is 0 Å². The molecule has 2 aromatic rings. The normalized spacial score (nSPS) is 9.05. The summed E-state index contributed by atoms with van der Waals surface area (Å²) in [4.78, 5) is 20.5. The van der Waals surface area contributed by atoms with Crippen molar-refractivity contribution in [2.75, 3.05) is 5.73 Å². The van der Waals surface area contributed by atoms with E-state index in [1.54, 1.807) is 36.4 Å². The Morgan fingerprint density at radius 2 is 1.21 bits per heavy atom. The predicted molar refractivity (Wildman–Crippen MR) is 71.4 cm³/mol. The highest BCUT2D eigenvalue weighted by Crippen LogP contribution is 2.11. The van der Waals surface area contributed by atoms with Gasteiger partial charge in [-0.2, -0.15) is 0 Å². The van der Waals surface area contributed by atoms with E-state index < -0.39 is 6.16 Å². The molecule has 0 amide bonds. The van der Waals surface area contributed by atoms with Gasteiger partial charge in [-0.15, -0.1) is 0 Å². The molecule has 0 aromatic heterocycles. The van der Waals surface area contributed by atoms with E-state index in [1.165, 1.54) is 0 Å². The average molecular weight is 259 g/mol. The Kier molecular flexibility index (Phi) is 5.10. The summed E-state index contributed by atoms with van der Waals surface area (Å²) in [6.45, 7) is 0. The van der Waals surface area contributed by atoms with Crippen molar-refractivity contribution in [1.82, 2.24) is 0 Å². The second kappa shape index (κ2) is 6.80. The van der Waals surface area contributed by atoms with E-state index in [1.807, 2.05) is 18.2 Å². The third-order valence-corrected chi connectivity index (χ3v) is 2.21. The monoisotopic (exact) mass is 259 g/mol. The zero-order valence-electron chi connectivity index (χ0n) is 9.98. The number of anilines is 1. The fourth-order valence-corrected chi connectivity index (χ4v) is 1.39. The van der Waals surface area contributed by atoms with E-state index in [0.29, 0.717) is 16.8 Å². The van der Waals surface area contributed by atoms with E-state index in [9.17, 15) is 4.79 Å². The molecule has 0 radical (unpaired) electrons. The van der Waals surface area contributed by atoms with Gasteiger partial charge >= 0.3 is 6.16 Å². The molecular weight excluding hydrogens is 246 g/mol. The molecule has 0 aliphatic heterocycles. The Labute approximate surface area is 109 Å². The van der Waals surface area contributed by atoms with Gasteiger partial charge in [-0.05, 0) is 24.3 Å². The quantitative estimate of drug-likeness (QED) is 0.568. The van der Waals surface area contributed by atoms with E-state index in [4.69, 9.17) is 20.7 Å². The van der Waals surface area contributed by atoms with Crippen LogP contribution in [0, 0.1) is 0 Å². The van der Waals surface area contributed by atoms with Gasteiger partial charge in [-0.1, -0.05) is 30.3 Å². The predicted octanol–water partition coefficient (Wildman–Crippen LogP) is 2.72. The number of hydrogen-bond acceptors (Lipinski definition) is 3. The van der Waals surface area contributed by atoms with Crippen molar-refractivity contribution in [3.05, 3.63) is 65.7 Å². The van der Waals surface area contributed by atoms with E-state index in [2.05, 4.69) is 0 Å². The van der Waals surface area contributed by atoms with Crippen molar-refractivity contribution in [2.24, 2.45) is 0 Å². The lowest BCUT2D eigenvalue weighted by Gasteiger charge is -2.00. The van der Waals surface area contributed by atoms with Crippen LogP contribution in [0.25, 0.3) is 0 Å². The zero-order valence-corrected chi connectivity index (χ0v) is 9.98. The Hall–Kier alpha value is -2.82. The molecule has 0 bridgehead atoms. The summed E-state index contributed by atoms with van der Waals surface area (Å²) in [7, 11) is 0. The van der Waals surface area contributed by atoms with Crippen LogP contribution in [0.4, 0.5) is 10.5 Å². The van der Waals surface area contributed by atoms with Crippen molar-refractivity contribution in [2.45, 2.75) is 0 Å². The minimum Gasteiger partial charge on any atom is -0.450 e. The number of ketones is 1. The lowest BCUT2D eigenvalue weighted by molar-refractivity contribution is 0.103. The van der Waals surface area contributed by atoms with Gasteiger partial charge in [-0.3, -0.25) is 4.79 Å². The number of nitrogen functional groups attached to an aromatic ring is 1. The molecule has 0 atom stereocenters. The number of rotatable bonds is 2. The molecule has 98 valence electrons. The summed E-state index contributed by atoms with van der Waals surface area (Å²) in [5.74, 6) is 0.0237. The molecule has 2 aromatic carbocycles. The number of nitrogens with two attached hydrogens (primary N) is 1. The Bertz CT molecular complexity index is 545. The molecule has 0 fully saturated rings. The number of hydrogen-bond donors (Lipinski definition) is 3. The Morgan fingerprint density at radius 3 is 1.68 bits per heavy atom. The molecular formula is C14H13NO4. The van der Waals surface area contributed by atoms with Crippen LogP contribution in [-0.4, -0.2) is 22.2 Å². The molecule has 5 nitrogen and oxygen atoms in total. The lowest BCUT2D eigenvalue weighted by Crippen LogP contribution is -2.00. The second-order valence-electron chi connectivity index (χ2n) is 3.60. The first-order valence-electron chi connectivity index (χ1n) is 5.38. The molecule has 0 saturated heterocycles. The molecule has 5 heteroatoms. The third kappa shape index (κ3) is 4.91. The van der Waals surface area contributed by atoms with Crippen LogP contribution < -0.4 is 5.73 Å². The molecule has 0 spiro atoms. The van der Waals surface area contributed by atoms with Gasteiger partial charge in [0.15, 0.2) is 5.78 Å². The first kappa shape index (κ1) is 14.2. The second-order valence-corrected chi connectivity index (χ2v) is 3.60. The number of benzene rings is 2. The topological polar surface area (TPSA) is 101 Å². The summed E-state index contributed by atoms with van der Waals surface area (Å²) >= 11 is 0. The summed E-state index contributed by atoms with van der Waals surface area (Å²) in [5, 5.41) is 13.9. The van der Waals surface area contributed by atoms with Crippen LogP contribution in [0.15, 0.2) is 54.6 Å². The third-order valence-electron chi connectivity index (χ3n) is 2.21. The van der Waals surface area contributed by atoms with Crippen LogP contribution >= 0.6 is 0 Å². The zero-order chi connectivity index (χ0) is 14.3. The average Bonchev–Trinajstić information content (AvgIpc) is 2.39. The van der Waals surface area contributed by atoms with Gasteiger partial charge in [0.25, 0.3) is 0 Å². The summed E-state index contributed by atoms with van der Waals surface area (Å²) in [5.41, 5.74) is 7.58. The van der Waals surface area contributed by atoms with Crippen molar-refractivity contribution >= 4 is 17.6 Å². The molecule has 4 N–H and O–H groups in total. The summed E-state index contributed by atoms with van der Waals surface area (Å²) in [6, 6.07) is 16.1. The standard InChI is InChI=1S/C13H11NO.CH2O3/c14-12-8-6-11(7-9-12)13(15)10-4-2-1-3-5-10;2-1(3)4/h1-9H,14H2;(H2,2,3,4). The minimum atomic E-state index is -1.83. The van der Waals surface area contributed by atoms with Crippen LogP contribution in [0.1, 0.15) is 15.9 Å². The maximum absolute atomic E-state index is 11.9. The number of carbonyl (C=O) groups is 2. The van der Waals surface area contributed by atoms with Crippen LogP contribution in [-0.2, 0) is 0 Å².